The minimum atomic E-state index is -0.708. The van der Waals surface area contributed by atoms with Crippen molar-refractivity contribution in [3.05, 3.63) is 66.0 Å². The van der Waals surface area contributed by atoms with Gasteiger partial charge in [-0.25, -0.2) is 4.79 Å². The molecule has 5 N–H and O–H groups in total. The van der Waals surface area contributed by atoms with E-state index >= 15 is 0 Å². The van der Waals surface area contributed by atoms with Gasteiger partial charge in [0.1, 0.15) is 10.8 Å². The number of carbonyl (C=O) groups excluding carboxylic acids is 2. The van der Waals surface area contributed by atoms with Gasteiger partial charge >= 0.3 is 6.03 Å². The fraction of sp³-hybridized carbons (Fsp3) is 0.346. The Kier molecular flexibility index (Phi) is 8.69. The van der Waals surface area contributed by atoms with Crippen LogP contribution in [0.25, 0.3) is 10.4 Å². The fourth-order valence-electron chi connectivity index (χ4n) is 4.08. The lowest BCUT2D eigenvalue weighted by molar-refractivity contribution is 0.0955. The van der Waals surface area contributed by atoms with Crippen LogP contribution < -0.4 is 26.4 Å². The van der Waals surface area contributed by atoms with Crippen molar-refractivity contribution in [2.45, 2.75) is 38.1 Å². The Bertz CT molecular complexity index is 1110. The molecule has 3 heterocycles. The van der Waals surface area contributed by atoms with Crippen LogP contribution in [0, 0.1) is 0 Å². The zero-order valence-electron chi connectivity index (χ0n) is 19.6. The maximum Gasteiger partial charge on any atom is 0.317 e. The Balaban J connectivity index is 1.37. The monoisotopic (exact) mass is 493 g/mol. The largest absolute Gasteiger partial charge is 0.494 e. The molecule has 184 valence electrons. The van der Waals surface area contributed by atoms with Crippen molar-refractivity contribution in [2.75, 3.05) is 25.0 Å². The van der Waals surface area contributed by atoms with E-state index in [1.54, 1.807) is 18.5 Å². The smallest absolute Gasteiger partial charge is 0.317 e. The van der Waals surface area contributed by atoms with Gasteiger partial charge < -0.3 is 21.1 Å². The number of carbonyl (C=O) groups is 2. The molecule has 1 aliphatic heterocycles. The van der Waals surface area contributed by atoms with E-state index in [1.165, 1.54) is 30.6 Å². The zero-order valence-corrected chi connectivity index (χ0v) is 20.4. The predicted molar refractivity (Wildman–Crippen MR) is 139 cm³/mol. The lowest BCUT2D eigenvalue weighted by atomic mass is 10.0. The molecule has 1 fully saturated rings. The van der Waals surface area contributed by atoms with Crippen LogP contribution >= 0.6 is 11.3 Å². The number of hydrogen-bond acceptors (Lipinski definition) is 6. The molecule has 1 aliphatic rings. The third-order valence-electron chi connectivity index (χ3n) is 5.95. The summed E-state index contributed by atoms with van der Waals surface area (Å²) in [5.41, 5.74) is 7.74. The van der Waals surface area contributed by atoms with Crippen LogP contribution in [0.5, 0.6) is 5.75 Å². The number of aromatic nitrogens is 1. The highest BCUT2D eigenvalue weighted by atomic mass is 32.1. The number of pyridine rings is 1. The van der Waals surface area contributed by atoms with Crippen molar-refractivity contribution >= 4 is 28.3 Å². The van der Waals surface area contributed by atoms with Gasteiger partial charge in [-0.05, 0) is 85.8 Å². The number of ether oxygens (including phenoxy) is 1. The summed E-state index contributed by atoms with van der Waals surface area (Å²) in [4.78, 5) is 29.2. The van der Waals surface area contributed by atoms with Gasteiger partial charge in [0, 0.05) is 29.9 Å². The molecule has 1 saturated heterocycles. The van der Waals surface area contributed by atoms with E-state index in [4.69, 9.17) is 10.5 Å². The van der Waals surface area contributed by atoms with Crippen LogP contribution in [0.15, 0.2) is 54.9 Å². The molecule has 3 aromatic rings. The minimum Gasteiger partial charge on any atom is -0.494 e. The Morgan fingerprint density at radius 1 is 1.14 bits per heavy atom. The number of primary amides is 1. The minimum absolute atomic E-state index is 0.262. The topological polar surface area (TPSA) is 118 Å². The number of nitrogens with zero attached hydrogens (tertiary/aromatic N) is 1. The predicted octanol–water partition coefficient (Wildman–Crippen LogP) is 4.18. The number of amides is 3. The third-order valence-corrected chi connectivity index (χ3v) is 7.05. The lowest BCUT2D eigenvalue weighted by Crippen LogP contribution is -2.35. The molecule has 35 heavy (non-hydrogen) atoms. The number of urea groups is 1. The summed E-state index contributed by atoms with van der Waals surface area (Å²) < 4.78 is 5.92. The van der Waals surface area contributed by atoms with Crippen LogP contribution in [-0.4, -0.2) is 42.7 Å². The first-order chi connectivity index (χ1) is 17.1. The van der Waals surface area contributed by atoms with E-state index in [0.717, 1.165) is 34.7 Å². The Morgan fingerprint density at radius 2 is 1.94 bits per heavy atom. The normalized spacial score (nSPS) is 15.4. The van der Waals surface area contributed by atoms with Gasteiger partial charge in [-0.3, -0.25) is 15.1 Å². The third kappa shape index (κ3) is 7.27. The Hall–Kier alpha value is -3.43. The van der Waals surface area contributed by atoms with Gasteiger partial charge in [0.15, 0.2) is 0 Å². The number of piperidine rings is 1. The lowest BCUT2D eigenvalue weighted by Gasteiger charge is -2.23. The van der Waals surface area contributed by atoms with Gasteiger partial charge in [-0.1, -0.05) is 6.42 Å². The van der Waals surface area contributed by atoms with E-state index in [-0.39, 0.29) is 5.91 Å². The van der Waals surface area contributed by atoms with Crippen LogP contribution in [0.3, 0.4) is 0 Å². The van der Waals surface area contributed by atoms with Gasteiger partial charge in [-0.15, -0.1) is 11.3 Å². The highest BCUT2D eigenvalue weighted by Crippen LogP contribution is 2.36. The molecule has 8 nitrogen and oxygen atoms in total. The second kappa shape index (κ2) is 12.3. The highest BCUT2D eigenvalue weighted by molar-refractivity contribution is 7.20. The van der Waals surface area contributed by atoms with Crippen molar-refractivity contribution in [3.8, 4) is 16.2 Å². The van der Waals surface area contributed by atoms with Crippen LogP contribution in [-0.2, 0) is 6.42 Å². The van der Waals surface area contributed by atoms with Gasteiger partial charge in [0.2, 0.25) is 0 Å². The summed E-state index contributed by atoms with van der Waals surface area (Å²) >= 11 is 1.31. The molecule has 2 aromatic heterocycles. The summed E-state index contributed by atoms with van der Waals surface area (Å²) in [6, 6.07) is 13.2. The second-order valence-corrected chi connectivity index (χ2v) is 9.56. The molecule has 9 heteroatoms. The molecular weight excluding hydrogens is 462 g/mol. The first-order valence-electron chi connectivity index (χ1n) is 11.9. The van der Waals surface area contributed by atoms with Crippen LogP contribution in [0.2, 0.25) is 0 Å². The van der Waals surface area contributed by atoms with E-state index < -0.39 is 6.03 Å². The quantitative estimate of drug-likeness (QED) is 0.338. The average Bonchev–Trinajstić information content (AvgIpc) is 3.29. The summed E-state index contributed by atoms with van der Waals surface area (Å²) in [5.74, 6) is 0.548. The van der Waals surface area contributed by atoms with Crippen molar-refractivity contribution in [2.24, 2.45) is 5.73 Å². The van der Waals surface area contributed by atoms with Gasteiger partial charge in [0.25, 0.3) is 5.91 Å². The molecule has 0 spiro atoms. The second-order valence-electron chi connectivity index (χ2n) is 8.51. The molecule has 0 radical (unpaired) electrons. The number of anilines is 1. The van der Waals surface area contributed by atoms with Crippen molar-refractivity contribution < 1.29 is 14.3 Å². The SMILES string of the molecule is NC(=O)Nc1sc(-c2ccc(OCCC3CCCCN3)cc2)cc1C(=O)NCCc1ccncc1. The van der Waals surface area contributed by atoms with Crippen molar-refractivity contribution in [1.82, 2.24) is 15.6 Å². The molecule has 1 unspecified atom stereocenters. The number of hydrogen-bond donors (Lipinski definition) is 4. The standard InChI is InChI=1S/C26H31N5O3S/c27-26(33)31-25-22(24(32)30-15-10-18-8-13-28-14-9-18)17-23(35-25)19-4-6-21(7-5-19)34-16-11-20-3-1-2-12-29-20/h4-9,13-14,17,20,29H,1-3,10-12,15-16H2,(H,30,32)(H3,27,31,33). The number of nitrogens with two attached hydrogens (primary N) is 1. The van der Waals surface area contributed by atoms with E-state index in [0.29, 0.717) is 36.2 Å². The maximum absolute atomic E-state index is 12.9. The summed E-state index contributed by atoms with van der Waals surface area (Å²) in [7, 11) is 0. The first-order valence-corrected chi connectivity index (χ1v) is 12.7. The molecule has 4 rings (SSSR count). The highest BCUT2D eigenvalue weighted by Gasteiger charge is 2.18. The van der Waals surface area contributed by atoms with E-state index in [2.05, 4.69) is 20.9 Å². The number of thiophene rings is 1. The molecule has 0 bridgehead atoms. The van der Waals surface area contributed by atoms with E-state index in [9.17, 15) is 9.59 Å². The van der Waals surface area contributed by atoms with Crippen molar-refractivity contribution in [1.29, 1.82) is 0 Å². The fourth-order valence-corrected chi connectivity index (χ4v) is 5.14. The maximum atomic E-state index is 12.9. The molecular formula is C26H31N5O3S. The summed E-state index contributed by atoms with van der Waals surface area (Å²) in [6.07, 6.45) is 8.87. The number of benzene rings is 1. The molecule has 1 aromatic carbocycles. The molecule has 0 saturated carbocycles. The first kappa shape index (κ1) is 24.7. The number of nitrogens with one attached hydrogen (secondary N) is 3. The van der Waals surface area contributed by atoms with Crippen molar-refractivity contribution in [3.63, 3.8) is 0 Å². The van der Waals surface area contributed by atoms with E-state index in [1.807, 2.05) is 36.4 Å². The molecule has 1 atom stereocenters. The summed E-state index contributed by atoms with van der Waals surface area (Å²) in [5, 5.41) is 9.46. The van der Waals surface area contributed by atoms with Crippen LogP contribution in [0.1, 0.15) is 41.6 Å². The molecule has 3 amide bonds. The Labute approximate surface area is 209 Å². The average molecular weight is 494 g/mol. The molecule has 0 aliphatic carbocycles. The summed E-state index contributed by atoms with van der Waals surface area (Å²) in [6.45, 7) is 2.23. The van der Waals surface area contributed by atoms with Crippen LogP contribution in [0.4, 0.5) is 9.80 Å². The zero-order chi connectivity index (χ0) is 24.5. The van der Waals surface area contributed by atoms with Gasteiger partial charge in [0.05, 0.1) is 12.2 Å². The number of rotatable bonds is 10. The Morgan fingerprint density at radius 3 is 2.66 bits per heavy atom. The van der Waals surface area contributed by atoms with Gasteiger partial charge in [-0.2, -0.15) is 0 Å².